The lowest BCUT2D eigenvalue weighted by atomic mass is 10.1. The van der Waals surface area contributed by atoms with Gasteiger partial charge in [0.2, 0.25) is 0 Å². The third-order valence-electron chi connectivity index (χ3n) is 1.51. The van der Waals surface area contributed by atoms with Crippen LogP contribution in [0.5, 0.6) is 0 Å². The first-order valence-electron chi connectivity index (χ1n) is 3.73. The molecule has 0 saturated carbocycles. The van der Waals surface area contributed by atoms with E-state index in [0.717, 1.165) is 4.48 Å². The summed E-state index contributed by atoms with van der Waals surface area (Å²) in [5.41, 5.74) is 0.874. The van der Waals surface area contributed by atoms with Crippen molar-refractivity contribution in [1.29, 1.82) is 0 Å². The molecule has 1 amide bonds. The third-order valence-corrected chi connectivity index (χ3v) is 1.79. The predicted octanol–water partition coefficient (Wildman–Crippen LogP) is 1.55. The molecule has 0 radical (unpaired) electrons. The van der Waals surface area contributed by atoms with E-state index in [1.165, 1.54) is 7.05 Å². The number of rotatable bonds is 4. The van der Waals surface area contributed by atoms with E-state index in [4.69, 9.17) is 0 Å². The summed E-state index contributed by atoms with van der Waals surface area (Å²) in [5.74, 6) is -0.360. The molecule has 0 aromatic carbocycles. The molecule has 0 aliphatic carbocycles. The van der Waals surface area contributed by atoms with Gasteiger partial charge in [-0.2, -0.15) is 0 Å². The third kappa shape index (κ3) is 4.03. The van der Waals surface area contributed by atoms with Crippen molar-refractivity contribution in [1.82, 2.24) is 5.32 Å². The second kappa shape index (κ2) is 5.70. The largest absolute Gasteiger partial charge is 0.355 e. The molecular formula is C9H12BrNO2. The normalized spacial score (nSPS) is 11.6. The average Bonchev–Trinajstić information content (AvgIpc) is 2.03. The van der Waals surface area contributed by atoms with Gasteiger partial charge in [0.1, 0.15) is 0 Å². The van der Waals surface area contributed by atoms with Crippen LogP contribution in [0.1, 0.15) is 13.3 Å². The van der Waals surface area contributed by atoms with Gasteiger partial charge in [0.05, 0.1) is 5.57 Å². The van der Waals surface area contributed by atoms with Crippen LogP contribution in [-0.4, -0.2) is 19.2 Å². The fourth-order valence-corrected chi connectivity index (χ4v) is 1.29. The van der Waals surface area contributed by atoms with E-state index in [2.05, 4.69) is 27.8 Å². The molecule has 72 valence electrons. The molecule has 0 aromatic rings. The molecule has 13 heavy (non-hydrogen) atoms. The van der Waals surface area contributed by atoms with Crippen LogP contribution in [0.25, 0.3) is 0 Å². The lowest BCUT2D eigenvalue weighted by molar-refractivity contribution is -0.118. The van der Waals surface area contributed by atoms with Gasteiger partial charge in [0, 0.05) is 13.5 Å². The van der Waals surface area contributed by atoms with Crippen molar-refractivity contribution in [3.05, 3.63) is 22.2 Å². The Balaban J connectivity index is 4.78. The maximum Gasteiger partial charge on any atom is 0.254 e. The van der Waals surface area contributed by atoms with Gasteiger partial charge in [0.25, 0.3) is 5.91 Å². The molecule has 0 heterocycles. The highest BCUT2D eigenvalue weighted by atomic mass is 79.9. The summed E-state index contributed by atoms with van der Waals surface area (Å²) in [6, 6.07) is 0. The molecule has 0 rings (SSSR count). The van der Waals surface area contributed by atoms with E-state index < -0.39 is 0 Å². The Labute approximate surface area is 86.0 Å². The van der Waals surface area contributed by atoms with Crippen LogP contribution in [0.15, 0.2) is 22.2 Å². The SMILES string of the molecule is C=C(Br)C/C(C)=C(/C=O)C(=O)NC. The van der Waals surface area contributed by atoms with E-state index in [0.29, 0.717) is 18.3 Å². The Morgan fingerprint density at radius 2 is 2.15 bits per heavy atom. The second-order valence-electron chi connectivity index (χ2n) is 2.59. The number of hydrogen-bond donors (Lipinski definition) is 1. The van der Waals surface area contributed by atoms with Gasteiger partial charge < -0.3 is 5.32 Å². The van der Waals surface area contributed by atoms with E-state index in [9.17, 15) is 9.59 Å². The van der Waals surface area contributed by atoms with Crippen molar-refractivity contribution in [2.75, 3.05) is 7.05 Å². The first-order valence-corrected chi connectivity index (χ1v) is 4.52. The number of allylic oxidation sites excluding steroid dienone is 2. The number of carbonyl (C=O) groups excluding carboxylic acids is 2. The fraction of sp³-hybridized carbons (Fsp3) is 0.333. The Hall–Kier alpha value is -0.900. The van der Waals surface area contributed by atoms with Gasteiger partial charge in [-0.05, 0) is 11.4 Å². The van der Waals surface area contributed by atoms with E-state index in [-0.39, 0.29) is 11.5 Å². The molecule has 0 atom stereocenters. The minimum Gasteiger partial charge on any atom is -0.355 e. The monoisotopic (exact) mass is 245 g/mol. The Morgan fingerprint density at radius 1 is 1.62 bits per heavy atom. The molecule has 0 spiro atoms. The number of carbonyl (C=O) groups is 2. The van der Waals surface area contributed by atoms with Crippen LogP contribution in [0.4, 0.5) is 0 Å². The first kappa shape index (κ1) is 12.1. The summed E-state index contributed by atoms with van der Waals surface area (Å²) in [6.45, 7) is 5.36. The molecule has 1 N–H and O–H groups in total. The Morgan fingerprint density at radius 3 is 2.46 bits per heavy atom. The second-order valence-corrected chi connectivity index (χ2v) is 3.71. The topological polar surface area (TPSA) is 46.2 Å². The van der Waals surface area contributed by atoms with Gasteiger partial charge in [-0.1, -0.05) is 28.1 Å². The van der Waals surface area contributed by atoms with Crippen molar-refractivity contribution in [2.24, 2.45) is 0 Å². The van der Waals surface area contributed by atoms with E-state index >= 15 is 0 Å². The smallest absolute Gasteiger partial charge is 0.254 e. The summed E-state index contributed by atoms with van der Waals surface area (Å²) >= 11 is 3.17. The van der Waals surface area contributed by atoms with Gasteiger partial charge in [0.15, 0.2) is 6.29 Å². The Kier molecular flexibility index (Phi) is 5.30. The fourth-order valence-electron chi connectivity index (χ4n) is 0.866. The first-order chi connectivity index (χ1) is 6.02. The quantitative estimate of drug-likeness (QED) is 0.354. The van der Waals surface area contributed by atoms with Crippen LogP contribution in [0.2, 0.25) is 0 Å². The van der Waals surface area contributed by atoms with E-state index in [1.807, 2.05) is 0 Å². The summed E-state index contributed by atoms with van der Waals surface area (Å²) < 4.78 is 0.744. The highest BCUT2D eigenvalue weighted by Gasteiger charge is 2.09. The number of likely N-dealkylation sites (N-methyl/N-ethyl adjacent to an activating group) is 1. The summed E-state index contributed by atoms with van der Waals surface area (Å²) in [4.78, 5) is 21.7. The van der Waals surface area contributed by atoms with Crippen LogP contribution in [0.3, 0.4) is 0 Å². The van der Waals surface area contributed by atoms with Crippen molar-refractivity contribution in [3.63, 3.8) is 0 Å². The number of aldehydes is 1. The van der Waals surface area contributed by atoms with Crippen LogP contribution in [-0.2, 0) is 9.59 Å². The number of hydrogen-bond acceptors (Lipinski definition) is 2. The van der Waals surface area contributed by atoms with Gasteiger partial charge in [-0.3, -0.25) is 9.59 Å². The maximum atomic E-state index is 11.1. The van der Waals surface area contributed by atoms with Crippen LogP contribution in [0, 0.1) is 0 Å². The summed E-state index contributed by atoms with van der Waals surface area (Å²) in [7, 11) is 1.49. The molecule has 0 aromatic heterocycles. The molecule has 0 bridgehead atoms. The number of amides is 1. The predicted molar refractivity (Wildman–Crippen MR) is 55.5 cm³/mol. The standard InChI is InChI=1S/C9H12BrNO2/c1-6(4-7(2)10)8(5-12)9(13)11-3/h5H,2,4H2,1,3H3,(H,11,13)/b8-6-. The zero-order valence-corrected chi connectivity index (χ0v) is 9.27. The van der Waals surface area contributed by atoms with Crippen molar-refractivity contribution < 1.29 is 9.59 Å². The molecule has 4 heteroatoms. The minimum absolute atomic E-state index is 0.170. The Bertz CT molecular complexity index is 269. The summed E-state index contributed by atoms with van der Waals surface area (Å²) in [5, 5.41) is 2.40. The zero-order chi connectivity index (χ0) is 10.4. The van der Waals surface area contributed by atoms with Crippen molar-refractivity contribution in [2.45, 2.75) is 13.3 Å². The number of halogens is 1. The van der Waals surface area contributed by atoms with E-state index in [1.54, 1.807) is 6.92 Å². The van der Waals surface area contributed by atoms with Crippen LogP contribution >= 0.6 is 15.9 Å². The highest BCUT2D eigenvalue weighted by molar-refractivity contribution is 9.11. The lowest BCUT2D eigenvalue weighted by Crippen LogP contribution is -2.21. The molecule has 0 unspecified atom stereocenters. The molecular weight excluding hydrogens is 234 g/mol. The zero-order valence-electron chi connectivity index (χ0n) is 7.69. The molecule has 0 fully saturated rings. The van der Waals surface area contributed by atoms with Gasteiger partial charge >= 0.3 is 0 Å². The lowest BCUT2D eigenvalue weighted by Gasteiger charge is -2.04. The maximum absolute atomic E-state index is 11.1. The van der Waals surface area contributed by atoms with Crippen molar-refractivity contribution in [3.8, 4) is 0 Å². The average molecular weight is 246 g/mol. The molecule has 3 nitrogen and oxygen atoms in total. The molecule has 0 saturated heterocycles. The van der Waals surface area contributed by atoms with Crippen LogP contribution < -0.4 is 5.32 Å². The highest BCUT2D eigenvalue weighted by Crippen LogP contribution is 2.16. The number of nitrogens with one attached hydrogen (secondary N) is 1. The minimum atomic E-state index is -0.360. The molecule has 0 aliphatic rings. The van der Waals surface area contributed by atoms with Gasteiger partial charge in [-0.15, -0.1) is 0 Å². The molecule has 0 aliphatic heterocycles. The van der Waals surface area contributed by atoms with Crippen molar-refractivity contribution >= 4 is 28.1 Å². The van der Waals surface area contributed by atoms with Gasteiger partial charge in [-0.25, -0.2) is 0 Å². The summed E-state index contributed by atoms with van der Waals surface area (Å²) in [6.07, 6.45) is 1.06.